The molecule has 0 aliphatic rings. The Hall–Kier alpha value is -0.000000000000000111. The van der Waals surface area contributed by atoms with Crippen molar-refractivity contribution in [2.24, 2.45) is 0 Å². The van der Waals surface area contributed by atoms with E-state index in [1.807, 2.05) is 0 Å². The topological polar surface area (TPSA) is 26.3 Å². The Bertz CT molecular complexity index is 366. The van der Waals surface area contributed by atoms with Gasteiger partial charge in [-0.3, -0.25) is 0 Å². The molecule has 5 heteroatoms. The lowest BCUT2D eigenvalue weighted by Gasteiger charge is -2.06. The summed E-state index contributed by atoms with van der Waals surface area (Å²) in [4.78, 5) is 12.2. The van der Waals surface area contributed by atoms with Crippen LogP contribution in [0.3, 0.4) is 0 Å². The first-order valence-corrected chi connectivity index (χ1v) is 5.94. The maximum atomic E-state index is 11.5. The Morgan fingerprint density at radius 2 is 2.14 bits per heavy atom. The molecule has 0 aliphatic heterocycles. The number of hydrogen-bond donors (Lipinski definition) is 1. The van der Waals surface area contributed by atoms with Gasteiger partial charge in [-0.15, -0.1) is 12.6 Å². The van der Waals surface area contributed by atoms with Crippen LogP contribution in [-0.4, -0.2) is 12.6 Å². The van der Waals surface area contributed by atoms with E-state index in [2.05, 4.69) is 44.5 Å². The Balaban J connectivity index is 3.13. The Morgan fingerprint density at radius 1 is 1.50 bits per heavy atom. The highest BCUT2D eigenvalue weighted by Gasteiger charge is 2.13. The maximum absolute atomic E-state index is 11.5. The minimum Gasteiger partial charge on any atom is -0.462 e. The van der Waals surface area contributed by atoms with Crippen molar-refractivity contribution in [3.63, 3.8) is 0 Å². The van der Waals surface area contributed by atoms with Gasteiger partial charge in [0.15, 0.2) is 0 Å². The van der Waals surface area contributed by atoms with Crippen LogP contribution in [0.5, 0.6) is 0 Å². The summed E-state index contributed by atoms with van der Waals surface area (Å²) in [5, 5.41) is 0. The second kappa shape index (κ2) is 5.19. The van der Waals surface area contributed by atoms with Crippen molar-refractivity contribution < 1.29 is 9.53 Å². The van der Waals surface area contributed by atoms with Crippen molar-refractivity contribution in [1.29, 1.82) is 0 Å². The van der Waals surface area contributed by atoms with Crippen LogP contribution in [0.1, 0.15) is 17.3 Å². The smallest absolute Gasteiger partial charge is 0.339 e. The molecule has 0 aliphatic carbocycles. The third kappa shape index (κ3) is 2.74. The van der Waals surface area contributed by atoms with Gasteiger partial charge in [0.1, 0.15) is 0 Å². The number of esters is 1. The Morgan fingerprint density at radius 3 is 2.71 bits per heavy atom. The number of benzene rings is 1. The van der Waals surface area contributed by atoms with Crippen molar-refractivity contribution >= 4 is 50.5 Å². The quantitative estimate of drug-likeness (QED) is 0.657. The standard InChI is InChI=1S/C9H8Br2O2S/c1-2-13-9(12)6-3-5(10)4-7(14)8(6)11/h3-4,14H,2H2,1H3. The lowest BCUT2D eigenvalue weighted by molar-refractivity contribution is 0.0525. The largest absolute Gasteiger partial charge is 0.462 e. The third-order valence-electron chi connectivity index (χ3n) is 1.51. The fourth-order valence-electron chi connectivity index (χ4n) is 0.932. The molecule has 0 unspecified atom stereocenters. The van der Waals surface area contributed by atoms with Crippen LogP contribution in [0.2, 0.25) is 0 Å². The number of rotatable bonds is 2. The molecule has 1 rings (SSSR count). The highest BCUT2D eigenvalue weighted by molar-refractivity contribution is 9.11. The molecule has 0 saturated carbocycles. The molecule has 76 valence electrons. The van der Waals surface area contributed by atoms with Gasteiger partial charge in [0.25, 0.3) is 0 Å². The van der Waals surface area contributed by atoms with Crippen LogP contribution >= 0.6 is 44.5 Å². The maximum Gasteiger partial charge on any atom is 0.339 e. The summed E-state index contributed by atoms with van der Waals surface area (Å²) in [6.07, 6.45) is 0. The number of hydrogen-bond acceptors (Lipinski definition) is 3. The number of carbonyl (C=O) groups is 1. The number of ether oxygens (including phenoxy) is 1. The molecule has 1 aromatic carbocycles. The molecular formula is C9H8Br2O2S. The third-order valence-corrected chi connectivity index (χ3v) is 3.48. The van der Waals surface area contributed by atoms with E-state index in [1.165, 1.54) is 0 Å². The molecule has 0 heterocycles. The second-order valence-corrected chi connectivity index (χ2v) is 4.70. The summed E-state index contributed by atoms with van der Waals surface area (Å²) in [6, 6.07) is 3.50. The SMILES string of the molecule is CCOC(=O)c1cc(Br)cc(S)c1Br. The van der Waals surface area contributed by atoms with Gasteiger partial charge in [0.2, 0.25) is 0 Å². The van der Waals surface area contributed by atoms with Gasteiger partial charge in [0, 0.05) is 13.8 Å². The fourth-order valence-corrected chi connectivity index (χ4v) is 2.22. The van der Waals surface area contributed by atoms with Crippen molar-refractivity contribution in [2.45, 2.75) is 11.8 Å². The predicted octanol–water partition coefficient (Wildman–Crippen LogP) is 3.68. The Kier molecular flexibility index (Phi) is 4.47. The lowest BCUT2D eigenvalue weighted by Crippen LogP contribution is -2.05. The summed E-state index contributed by atoms with van der Waals surface area (Å²) >= 11 is 10.8. The van der Waals surface area contributed by atoms with E-state index in [-0.39, 0.29) is 5.97 Å². The van der Waals surface area contributed by atoms with Crippen molar-refractivity contribution in [1.82, 2.24) is 0 Å². The summed E-state index contributed by atoms with van der Waals surface area (Å²) in [5.74, 6) is -0.351. The van der Waals surface area contributed by atoms with E-state index < -0.39 is 0 Å². The van der Waals surface area contributed by atoms with E-state index in [0.717, 1.165) is 4.47 Å². The molecule has 0 aromatic heterocycles. The van der Waals surface area contributed by atoms with E-state index in [4.69, 9.17) is 4.74 Å². The van der Waals surface area contributed by atoms with Crippen LogP contribution in [0.25, 0.3) is 0 Å². The van der Waals surface area contributed by atoms with Crippen LogP contribution < -0.4 is 0 Å². The van der Waals surface area contributed by atoms with Gasteiger partial charge in [-0.1, -0.05) is 15.9 Å². The van der Waals surface area contributed by atoms with Crippen LogP contribution in [0.15, 0.2) is 26.0 Å². The molecule has 0 fully saturated rings. The zero-order valence-electron chi connectivity index (χ0n) is 7.38. The van der Waals surface area contributed by atoms with Gasteiger partial charge >= 0.3 is 5.97 Å². The molecule has 0 saturated heterocycles. The molecule has 2 nitrogen and oxygen atoms in total. The van der Waals surface area contributed by atoms with Gasteiger partial charge in [-0.2, -0.15) is 0 Å². The molecule has 1 aromatic rings. The monoisotopic (exact) mass is 338 g/mol. The Labute approximate surface area is 105 Å². The first-order chi connectivity index (χ1) is 6.56. The van der Waals surface area contributed by atoms with Crippen molar-refractivity contribution in [3.05, 3.63) is 26.6 Å². The van der Waals surface area contributed by atoms with Crippen LogP contribution in [0, 0.1) is 0 Å². The zero-order chi connectivity index (χ0) is 10.7. The van der Waals surface area contributed by atoms with Crippen LogP contribution in [-0.2, 0) is 4.74 Å². The molecule has 0 bridgehead atoms. The summed E-state index contributed by atoms with van der Waals surface area (Å²) < 4.78 is 6.35. The van der Waals surface area contributed by atoms with E-state index in [0.29, 0.717) is 21.5 Å². The average molecular weight is 340 g/mol. The molecular weight excluding hydrogens is 332 g/mol. The number of thiol groups is 1. The highest BCUT2D eigenvalue weighted by atomic mass is 79.9. The van der Waals surface area contributed by atoms with E-state index >= 15 is 0 Å². The first-order valence-electron chi connectivity index (χ1n) is 3.91. The zero-order valence-corrected chi connectivity index (χ0v) is 11.4. The lowest BCUT2D eigenvalue weighted by atomic mass is 10.2. The molecule has 0 amide bonds. The average Bonchev–Trinajstić information content (AvgIpc) is 2.11. The van der Waals surface area contributed by atoms with Crippen LogP contribution in [0.4, 0.5) is 0 Å². The molecule has 0 radical (unpaired) electrons. The van der Waals surface area contributed by atoms with Gasteiger partial charge in [0.05, 0.1) is 12.2 Å². The second-order valence-electron chi connectivity index (χ2n) is 2.51. The summed E-state index contributed by atoms with van der Waals surface area (Å²) in [6.45, 7) is 2.13. The number of carbonyl (C=O) groups excluding carboxylic acids is 1. The minimum atomic E-state index is -0.351. The fraction of sp³-hybridized carbons (Fsp3) is 0.222. The van der Waals surface area contributed by atoms with Crippen molar-refractivity contribution in [2.75, 3.05) is 6.61 Å². The molecule has 14 heavy (non-hydrogen) atoms. The van der Waals surface area contributed by atoms with Crippen molar-refractivity contribution in [3.8, 4) is 0 Å². The van der Waals surface area contributed by atoms with E-state index in [9.17, 15) is 4.79 Å². The molecule has 0 spiro atoms. The van der Waals surface area contributed by atoms with E-state index in [1.54, 1.807) is 19.1 Å². The van der Waals surface area contributed by atoms with Gasteiger partial charge in [-0.25, -0.2) is 4.79 Å². The molecule has 0 atom stereocenters. The first kappa shape index (κ1) is 12.1. The summed E-state index contributed by atoms with van der Waals surface area (Å²) in [7, 11) is 0. The van der Waals surface area contributed by atoms with Gasteiger partial charge < -0.3 is 4.74 Å². The predicted molar refractivity (Wildman–Crippen MR) is 65.1 cm³/mol. The normalized spacial score (nSPS) is 10.0. The van der Waals surface area contributed by atoms with Gasteiger partial charge in [-0.05, 0) is 35.0 Å². The minimum absolute atomic E-state index is 0.351. The molecule has 0 N–H and O–H groups in total. The number of halogens is 2. The highest BCUT2D eigenvalue weighted by Crippen LogP contribution is 2.29. The summed E-state index contributed by atoms with van der Waals surface area (Å²) in [5.41, 5.74) is 0.478.